The Morgan fingerprint density at radius 1 is 0.815 bits per heavy atom. The average molecular weight is 365 g/mol. The number of carbonyl (C=O) groups is 2. The molecule has 0 spiro atoms. The van der Waals surface area contributed by atoms with Crippen LogP contribution in [0.2, 0.25) is 0 Å². The van der Waals surface area contributed by atoms with E-state index in [1.807, 2.05) is 42.5 Å². The molecule has 0 bridgehead atoms. The fourth-order valence-corrected chi connectivity index (χ4v) is 3.53. The van der Waals surface area contributed by atoms with Crippen molar-refractivity contribution in [1.82, 2.24) is 10.6 Å². The van der Waals surface area contributed by atoms with Gasteiger partial charge in [0.05, 0.1) is 0 Å². The smallest absolute Gasteiger partial charge is 0.251 e. The third-order valence-corrected chi connectivity index (χ3v) is 5.05. The fourth-order valence-electron chi connectivity index (χ4n) is 3.53. The normalized spacial score (nSPS) is 19.3. The molecule has 1 aliphatic carbocycles. The lowest BCUT2D eigenvalue weighted by Crippen LogP contribution is -2.44. The van der Waals surface area contributed by atoms with Crippen LogP contribution in [0, 0.1) is 0 Å². The Morgan fingerprint density at radius 3 is 1.96 bits per heavy atom. The molecule has 2 aromatic rings. The first-order valence-corrected chi connectivity index (χ1v) is 9.61. The van der Waals surface area contributed by atoms with Crippen molar-refractivity contribution in [3.63, 3.8) is 0 Å². The average Bonchev–Trinajstić information content (AvgIpc) is 2.70. The molecule has 142 valence electrons. The summed E-state index contributed by atoms with van der Waals surface area (Å²) in [6, 6.07) is 18.2. The molecule has 0 unspecified atom stereocenters. The van der Waals surface area contributed by atoms with Crippen LogP contribution >= 0.6 is 0 Å². The summed E-state index contributed by atoms with van der Waals surface area (Å²) in [6.45, 7) is 0.375. The van der Waals surface area contributed by atoms with Gasteiger partial charge in [0.25, 0.3) is 5.91 Å². The molecule has 3 rings (SSSR count). The van der Waals surface area contributed by atoms with Crippen LogP contribution in [0.1, 0.15) is 42.5 Å². The van der Waals surface area contributed by atoms with Crippen molar-refractivity contribution < 1.29 is 9.59 Å². The highest BCUT2D eigenvalue weighted by Gasteiger charge is 2.23. The first-order chi connectivity index (χ1) is 13.2. The monoisotopic (exact) mass is 365 g/mol. The lowest BCUT2D eigenvalue weighted by atomic mass is 9.91. The van der Waals surface area contributed by atoms with Gasteiger partial charge in [-0.3, -0.25) is 9.59 Å². The molecule has 1 aliphatic rings. The Bertz CT molecular complexity index is 751. The molecular formula is C22H27N3O2. The van der Waals surface area contributed by atoms with Crippen LogP contribution in [0.25, 0.3) is 11.1 Å². The van der Waals surface area contributed by atoms with Crippen molar-refractivity contribution >= 4 is 11.8 Å². The second-order valence-corrected chi connectivity index (χ2v) is 7.07. The molecule has 0 saturated heterocycles. The van der Waals surface area contributed by atoms with Gasteiger partial charge in [0.1, 0.15) is 0 Å². The highest BCUT2D eigenvalue weighted by molar-refractivity contribution is 5.94. The van der Waals surface area contributed by atoms with Gasteiger partial charge in [-0.05, 0) is 48.9 Å². The molecule has 5 nitrogen and oxygen atoms in total. The first kappa shape index (κ1) is 19.1. The zero-order valence-electron chi connectivity index (χ0n) is 15.5. The van der Waals surface area contributed by atoms with Crippen LogP contribution in [0.5, 0.6) is 0 Å². The van der Waals surface area contributed by atoms with Crippen LogP contribution in [-0.2, 0) is 4.79 Å². The van der Waals surface area contributed by atoms with Crippen LogP contribution < -0.4 is 16.4 Å². The van der Waals surface area contributed by atoms with Crippen LogP contribution in [-0.4, -0.2) is 30.4 Å². The van der Waals surface area contributed by atoms with Crippen molar-refractivity contribution in [3.05, 3.63) is 60.2 Å². The summed E-state index contributed by atoms with van der Waals surface area (Å²) >= 11 is 0. The summed E-state index contributed by atoms with van der Waals surface area (Å²) in [5.74, 6) is -0.0197. The van der Waals surface area contributed by atoms with Gasteiger partial charge in [-0.15, -0.1) is 0 Å². The predicted octanol–water partition coefficient (Wildman–Crippen LogP) is 2.86. The van der Waals surface area contributed by atoms with E-state index in [1.54, 1.807) is 0 Å². The summed E-state index contributed by atoms with van der Waals surface area (Å²) in [5.41, 5.74) is 8.31. The molecule has 0 heterocycles. The highest BCUT2D eigenvalue weighted by atomic mass is 16.2. The Morgan fingerprint density at radius 2 is 1.37 bits per heavy atom. The fraction of sp³-hybridized carbons (Fsp3) is 0.364. The highest BCUT2D eigenvalue weighted by Crippen LogP contribution is 2.21. The predicted molar refractivity (Wildman–Crippen MR) is 107 cm³/mol. The van der Waals surface area contributed by atoms with E-state index in [0.717, 1.165) is 36.8 Å². The molecule has 5 heteroatoms. The van der Waals surface area contributed by atoms with E-state index in [0.29, 0.717) is 18.5 Å². The minimum absolute atomic E-state index is 0.0171. The Hall–Kier alpha value is -2.66. The van der Waals surface area contributed by atoms with E-state index in [9.17, 15) is 9.59 Å². The number of nitrogens with two attached hydrogens (primary N) is 1. The zero-order chi connectivity index (χ0) is 19.1. The number of carbonyl (C=O) groups excluding carboxylic acids is 2. The molecule has 1 saturated carbocycles. The molecule has 0 aromatic heterocycles. The Labute approximate surface area is 160 Å². The van der Waals surface area contributed by atoms with Crippen molar-refractivity contribution in [1.29, 1.82) is 0 Å². The minimum Gasteiger partial charge on any atom is -0.353 e. The Balaban J connectivity index is 1.49. The molecule has 2 amide bonds. The van der Waals surface area contributed by atoms with Gasteiger partial charge in [0.2, 0.25) is 5.91 Å². The van der Waals surface area contributed by atoms with Gasteiger partial charge in [-0.25, -0.2) is 0 Å². The topological polar surface area (TPSA) is 84.2 Å². The maximum absolute atomic E-state index is 12.5. The van der Waals surface area contributed by atoms with E-state index in [1.165, 1.54) is 0 Å². The van der Waals surface area contributed by atoms with Gasteiger partial charge in [-0.2, -0.15) is 0 Å². The van der Waals surface area contributed by atoms with Gasteiger partial charge in [-0.1, -0.05) is 42.5 Å². The maximum atomic E-state index is 12.5. The maximum Gasteiger partial charge on any atom is 0.251 e. The number of amides is 2. The molecule has 1 fully saturated rings. The van der Waals surface area contributed by atoms with Gasteiger partial charge >= 0.3 is 0 Å². The minimum atomic E-state index is -0.0368. The van der Waals surface area contributed by atoms with Crippen molar-refractivity contribution in [3.8, 4) is 11.1 Å². The second-order valence-electron chi connectivity index (χ2n) is 7.07. The number of nitrogens with one attached hydrogen (secondary N) is 2. The van der Waals surface area contributed by atoms with E-state index >= 15 is 0 Å². The van der Waals surface area contributed by atoms with Crippen molar-refractivity contribution in [2.75, 3.05) is 6.54 Å². The summed E-state index contributed by atoms with van der Waals surface area (Å²) in [5, 5.41) is 6.14. The summed E-state index contributed by atoms with van der Waals surface area (Å²) in [6.07, 6.45) is 3.89. The molecule has 2 aromatic carbocycles. The Kier molecular flexibility index (Phi) is 6.60. The lowest BCUT2D eigenvalue weighted by molar-refractivity contribution is -0.121. The lowest BCUT2D eigenvalue weighted by Gasteiger charge is -2.29. The number of benzene rings is 2. The van der Waals surface area contributed by atoms with Crippen molar-refractivity contribution in [2.45, 2.75) is 44.2 Å². The zero-order valence-corrected chi connectivity index (χ0v) is 15.5. The van der Waals surface area contributed by atoms with E-state index < -0.39 is 0 Å². The molecule has 4 N–H and O–H groups in total. The van der Waals surface area contributed by atoms with Crippen molar-refractivity contribution in [2.24, 2.45) is 5.73 Å². The first-order valence-electron chi connectivity index (χ1n) is 9.61. The van der Waals surface area contributed by atoms with Gasteiger partial charge in [0, 0.05) is 30.6 Å². The van der Waals surface area contributed by atoms with Crippen LogP contribution in [0.3, 0.4) is 0 Å². The van der Waals surface area contributed by atoms with Gasteiger partial charge < -0.3 is 16.4 Å². The standard InChI is InChI=1S/C22H27N3O2/c23-15-14-21(26)24-19-10-12-20(13-11-19)25-22(27)18-8-6-17(7-9-18)16-4-2-1-3-5-16/h1-9,19-20H,10-15,23H2,(H,24,26)(H,25,27)/t19-,20-. The van der Waals surface area contributed by atoms with E-state index in [2.05, 4.69) is 22.8 Å². The number of hydrogen-bond donors (Lipinski definition) is 3. The number of hydrogen-bond acceptors (Lipinski definition) is 3. The third kappa shape index (κ3) is 5.41. The molecule has 27 heavy (non-hydrogen) atoms. The van der Waals surface area contributed by atoms with Crippen LogP contribution in [0.15, 0.2) is 54.6 Å². The largest absolute Gasteiger partial charge is 0.353 e. The van der Waals surface area contributed by atoms with E-state index in [4.69, 9.17) is 5.73 Å². The summed E-state index contributed by atoms with van der Waals surface area (Å²) in [4.78, 5) is 24.1. The molecule has 0 radical (unpaired) electrons. The van der Waals surface area contributed by atoms with Gasteiger partial charge in [0.15, 0.2) is 0 Å². The number of rotatable bonds is 6. The quantitative estimate of drug-likeness (QED) is 0.736. The summed E-state index contributed by atoms with van der Waals surface area (Å²) in [7, 11) is 0. The summed E-state index contributed by atoms with van der Waals surface area (Å²) < 4.78 is 0. The van der Waals surface area contributed by atoms with E-state index in [-0.39, 0.29) is 23.9 Å². The second kappa shape index (κ2) is 9.33. The SMILES string of the molecule is NCCC(=O)N[C@H]1CC[C@H](NC(=O)c2ccc(-c3ccccc3)cc2)CC1. The van der Waals surface area contributed by atoms with Crippen LogP contribution in [0.4, 0.5) is 0 Å². The molecule has 0 aliphatic heterocycles. The molecular weight excluding hydrogens is 338 g/mol. The third-order valence-electron chi connectivity index (χ3n) is 5.05. The molecule has 0 atom stereocenters.